The van der Waals surface area contributed by atoms with Gasteiger partial charge in [0.15, 0.2) is 0 Å². The number of carbonyl (C=O) groups is 2. The van der Waals surface area contributed by atoms with Crippen LogP contribution in [0.2, 0.25) is 0 Å². The first-order valence-electron chi connectivity index (χ1n) is 11.6. The molecule has 3 amide bonds. The van der Waals surface area contributed by atoms with E-state index in [2.05, 4.69) is 5.32 Å². The van der Waals surface area contributed by atoms with E-state index in [0.717, 1.165) is 4.90 Å². The summed E-state index contributed by atoms with van der Waals surface area (Å²) in [7, 11) is 1.28. The molecule has 1 aliphatic rings. The summed E-state index contributed by atoms with van der Waals surface area (Å²) in [5, 5.41) is 3.01. The molecule has 2 atom stereocenters. The summed E-state index contributed by atoms with van der Waals surface area (Å²) >= 11 is 0. The Labute approximate surface area is 214 Å². The maximum absolute atomic E-state index is 13.7. The number of hydrogen-bond acceptors (Lipinski definition) is 3. The SMILES string of the molecule is Cc1cc(F)ccc1[C@H]1C[C@@H](NCC(N)=O)CCN1C(=O)N(C)Cc1cc(C(F)(F)F)cc(C(F)(F)F)c1. The molecule has 6 nitrogen and oxygen atoms in total. The summed E-state index contributed by atoms with van der Waals surface area (Å²) in [5.41, 5.74) is 3.11. The second kappa shape index (κ2) is 11.2. The zero-order valence-corrected chi connectivity index (χ0v) is 20.6. The zero-order chi connectivity index (χ0) is 28.4. The van der Waals surface area contributed by atoms with Crippen LogP contribution in [-0.2, 0) is 23.7 Å². The van der Waals surface area contributed by atoms with Gasteiger partial charge < -0.3 is 20.9 Å². The molecule has 13 heteroatoms. The molecule has 38 heavy (non-hydrogen) atoms. The van der Waals surface area contributed by atoms with Crippen molar-refractivity contribution in [3.8, 4) is 0 Å². The minimum absolute atomic E-state index is 0.0303. The largest absolute Gasteiger partial charge is 0.416 e. The molecule has 1 fully saturated rings. The first-order valence-corrected chi connectivity index (χ1v) is 11.6. The van der Waals surface area contributed by atoms with Gasteiger partial charge in [-0.3, -0.25) is 4.79 Å². The normalized spacial score (nSPS) is 18.4. The number of primary amides is 1. The van der Waals surface area contributed by atoms with Crippen LogP contribution in [0.25, 0.3) is 0 Å². The quantitative estimate of drug-likeness (QED) is 0.499. The third kappa shape index (κ3) is 7.15. The van der Waals surface area contributed by atoms with Gasteiger partial charge in [-0.15, -0.1) is 0 Å². The van der Waals surface area contributed by atoms with Crippen LogP contribution in [0.1, 0.15) is 46.7 Å². The van der Waals surface area contributed by atoms with E-state index in [1.807, 2.05) is 0 Å². The number of nitrogens with zero attached hydrogens (tertiary/aromatic N) is 2. The van der Waals surface area contributed by atoms with Gasteiger partial charge in [0.1, 0.15) is 5.82 Å². The van der Waals surface area contributed by atoms with Crippen LogP contribution in [0.4, 0.5) is 35.5 Å². The van der Waals surface area contributed by atoms with Crippen LogP contribution in [0, 0.1) is 12.7 Å². The van der Waals surface area contributed by atoms with Crippen LogP contribution in [0.3, 0.4) is 0 Å². The summed E-state index contributed by atoms with van der Waals surface area (Å²) in [6, 6.07) is 3.80. The highest BCUT2D eigenvalue weighted by Gasteiger charge is 2.38. The van der Waals surface area contributed by atoms with Gasteiger partial charge in [-0.05, 0) is 66.8 Å². The van der Waals surface area contributed by atoms with E-state index in [0.29, 0.717) is 36.1 Å². The van der Waals surface area contributed by atoms with E-state index in [1.165, 1.54) is 30.1 Å². The van der Waals surface area contributed by atoms with E-state index in [9.17, 15) is 40.3 Å². The van der Waals surface area contributed by atoms with Gasteiger partial charge in [0.25, 0.3) is 0 Å². The number of piperidine rings is 1. The highest BCUT2D eigenvalue weighted by Crippen LogP contribution is 2.37. The molecule has 0 unspecified atom stereocenters. The number of nitrogens with one attached hydrogen (secondary N) is 1. The van der Waals surface area contributed by atoms with Crippen molar-refractivity contribution >= 4 is 11.9 Å². The van der Waals surface area contributed by atoms with Gasteiger partial charge >= 0.3 is 18.4 Å². The van der Waals surface area contributed by atoms with Crippen LogP contribution in [-0.4, -0.2) is 47.9 Å². The highest BCUT2D eigenvalue weighted by molar-refractivity contribution is 5.76. The predicted molar refractivity (Wildman–Crippen MR) is 124 cm³/mol. The first-order chi connectivity index (χ1) is 17.6. The Kier molecular flexibility index (Phi) is 8.59. The molecule has 208 valence electrons. The summed E-state index contributed by atoms with van der Waals surface area (Å²) in [5.74, 6) is -1.05. The van der Waals surface area contributed by atoms with Gasteiger partial charge in [0.05, 0.1) is 23.7 Å². The molecule has 3 rings (SSSR count). The summed E-state index contributed by atoms with van der Waals surface area (Å²) in [6.45, 7) is 1.22. The molecule has 0 radical (unpaired) electrons. The number of benzene rings is 2. The Morgan fingerprint density at radius 3 is 2.18 bits per heavy atom. The number of alkyl halides is 6. The van der Waals surface area contributed by atoms with Crippen molar-refractivity contribution in [3.63, 3.8) is 0 Å². The lowest BCUT2D eigenvalue weighted by atomic mass is 9.89. The van der Waals surface area contributed by atoms with Gasteiger partial charge in [-0.25, -0.2) is 9.18 Å². The van der Waals surface area contributed by atoms with Crippen molar-refractivity contribution in [1.29, 1.82) is 0 Å². The Bertz CT molecular complexity index is 1150. The lowest BCUT2D eigenvalue weighted by Crippen LogP contribution is -2.51. The number of urea groups is 1. The van der Waals surface area contributed by atoms with Crippen molar-refractivity contribution in [2.24, 2.45) is 5.73 Å². The Balaban J connectivity index is 1.89. The maximum atomic E-state index is 13.7. The molecule has 1 aliphatic heterocycles. The van der Waals surface area contributed by atoms with Crippen LogP contribution >= 0.6 is 0 Å². The molecular formula is C25H27F7N4O2. The van der Waals surface area contributed by atoms with Crippen LogP contribution < -0.4 is 11.1 Å². The summed E-state index contributed by atoms with van der Waals surface area (Å²) in [4.78, 5) is 27.1. The maximum Gasteiger partial charge on any atom is 0.416 e. The number of carbonyl (C=O) groups excluding carboxylic acids is 2. The second-order valence-corrected chi connectivity index (χ2v) is 9.33. The van der Waals surface area contributed by atoms with E-state index in [-0.39, 0.29) is 30.8 Å². The lowest BCUT2D eigenvalue weighted by molar-refractivity contribution is -0.143. The average molecular weight is 549 g/mol. The molecule has 2 aromatic carbocycles. The number of likely N-dealkylation sites (tertiary alicyclic amines) is 1. The minimum atomic E-state index is -5.01. The summed E-state index contributed by atoms with van der Waals surface area (Å²) < 4.78 is 93.3. The molecule has 0 saturated carbocycles. The molecule has 0 bridgehead atoms. The van der Waals surface area contributed by atoms with Gasteiger partial charge in [-0.1, -0.05) is 6.07 Å². The number of aryl methyl sites for hydroxylation is 1. The minimum Gasteiger partial charge on any atom is -0.369 e. The topological polar surface area (TPSA) is 78.7 Å². The number of halogens is 7. The Morgan fingerprint density at radius 1 is 1.05 bits per heavy atom. The Morgan fingerprint density at radius 2 is 1.66 bits per heavy atom. The zero-order valence-electron chi connectivity index (χ0n) is 20.6. The average Bonchev–Trinajstić information content (AvgIpc) is 2.81. The van der Waals surface area contributed by atoms with Crippen molar-refractivity contribution in [2.75, 3.05) is 20.1 Å². The number of hydrogen-bond donors (Lipinski definition) is 2. The van der Waals surface area contributed by atoms with Crippen molar-refractivity contribution in [3.05, 3.63) is 70.0 Å². The first kappa shape index (κ1) is 29.2. The summed E-state index contributed by atoms with van der Waals surface area (Å²) in [6.07, 6.45) is -9.29. The fourth-order valence-corrected chi connectivity index (χ4v) is 4.60. The van der Waals surface area contributed by atoms with E-state index >= 15 is 0 Å². The van der Waals surface area contributed by atoms with Crippen molar-refractivity contribution in [1.82, 2.24) is 15.1 Å². The molecule has 3 N–H and O–H groups in total. The molecule has 0 aliphatic carbocycles. The fourth-order valence-electron chi connectivity index (χ4n) is 4.60. The molecule has 0 aromatic heterocycles. The van der Waals surface area contributed by atoms with Gasteiger partial charge in [0, 0.05) is 26.2 Å². The molecule has 2 aromatic rings. The third-order valence-corrected chi connectivity index (χ3v) is 6.40. The van der Waals surface area contributed by atoms with Gasteiger partial charge in [-0.2, -0.15) is 26.3 Å². The number of amides is 3. The van der Waals surface area contributed by atoms with Gasteiger partial charge in [0.2, 0.25) is 5.91 Å². The third-order valence-electron chi connectivity index (χ3n) is 6.40. The smallest absolute Gasteiger partial charge is 0.369 e. The predicted octanol–water partition coefficient (Wildman–Crippen LogP) is 5.00. The number of nitrogens with two attached hydrogens (primary N) is 1. The fraction of sp³-hybridized carbons (Fsp3) is 0.440. The van der Waals surface area contributed by atoms with Crippen LogP contribution in [0.15, 0.2) is 36.4 Å². The highest BCUT2D eigenvalue weighted by atomic mass is 19.4. The Hall–Kier alpha value is -3.35. The standard InChI is InChI=1S/C25H27F7N4O2/c1-14-7-18(26)3-4-20(14)21-11-19(34-12-22(33)37)5-6-36(21)23(38)35(2)13-15-8-16(24(27,28)29)10-17(9-15)25(30,31)32/h3-4,7-10,19,21,34H,5-6,11-13H2,1-2H3,(H2,33,37)/t19-,21+/m0/s1. The van der Waals surface area contributed by atoms with Crippen molar-refractivity contribution in [2.45, 2.75) is 50.7 Å². The molecular weight excluding hydrogens is 521 g/mol. The molecule has 0 spiro atoms. The second-order valence-electron chi connectivity index (χ2n) is 9.33. The monoisotopic (exact) mass is 548 g/mol. The van der Waals surface area contributed by atoms with Crippen molar-refractivity contribution < 1.29 is 40.3 Å². The van der Waals surface area contributed by atoms with E-state index < -0.39 is 53.8 Å². The van der Waals surface area contributed by atoms with Crippen LogP contribution in [0.5, 0.6) is 0 Å². The van der Waals surface area contributed by atoms with E-state index in [1.54, 1.807) is 6.92 Å². The van der Waals surface area contributed by atoms with E-state index in [4.69, 9.17) is 5.73 Å². The lowest BCUT2D eigenvalue weighted by Gasteiger charge is -2.42. The molecule has 1 saturated heterocycles. The molecule has 1 heterocycles. The number of rotatable bonds is 6.